The lowest BCUT2D eigenvalue weighted by molar-refractivity contribution is 0.0701. The number of amides is 1. The van der Waals surface area contributed by atoms with Gasteiger partial charge in [0.2, 0.25) is 0 Å². The summed E-state index contributed by atoms with van der Waals surface area (Å²) < 4.78 is 14.6. The van der Waals surface area contributed by atoms with Crippen molar-refractivity contribution in [3.8, 4) is 5.69 Å². The van der Waals surface area contributed by atoms with E-state index in [-0.39, 0.29) is 23.2 Å². The van der Waals surface area contributed by atoms with Gasteiger partial charge in [-0.15, -0.1) is 0 Å². The number of nitrogens with one attached hydrogen (secondary N) is 1. The third-order valence-electron chi connectivity index (χ3n) is 5.31. The summed E-state index contributed by atoms with van der Waals surface area (Å²) in [6.07, 6.45) is 3.33. The second kappa shape index (κ2) is 7.62. The van der Waals surface area contributed by atoms with Crippen LogP contribution in [-0.2, 0) is 0 Å². The van der Waals surface area contributed by atoms with E-state index in [1.54, 1.807) is 24.1 Å². The van der Waals surface area contributed by atoms with Gasteiger partial charge in [-0.1, -0.05) is 0 Å². The molecule has 3 aromatic rings. The molecule has 0 bridgehead atoms. The van der Waals surface area contributed by atoms with Gasteiger partial charge in [-0.2, -0.15) is 5.10 Å². The summed E-state index contributed by atoms with van der Waals surface area (Å²) in [7, 11) is 0. The lowest BCUT2D eigenvalue weighted by Crippen LogP contribution is -2.42. The van der Waals surface area contributed by atoms with E-state index in [4.69, 9.17) is 0 Å². The van der Waals surface area contributed by atoms with Crippen LogP contribution in [0.2, 0.25) is 0 Å². The number of aromatic amines is 1. The molecule has 8 heteroatoms. The highest BCUT2D eigenvalue weighted by molar-refractivity contribution is 5.95. The number of rotatable bonds is 3. The second-order valence-electron chi connectivity index (χ2n) is 7.39. The Morgan fingerprint density at radius 1 is 1.21 bits per heavy atom. The minimum Gasteiger partial charge on any atom is -0.338 e. The Labute approximate surface area is 167 Å². The largest absolute Gasteiger partial charge is 0.338 e. The number of halogens is 1. The molecule has 1 fully saturated rings. The number of likely N-dealkylation sites (tertiary alicyclic amines) is 1. The average molecular weight is 395 g/mol. The Morgan fingerprint density at radius 3 is 2.66 bits per heavy atom. The second-order valence-corrected chi connectivity index (χ2v) is 7.39. The van der Waals surface area contributed by atoms with Crippen molar-refractivity contribution < 1.29 is 9.18 Å². The summed E-state index contributed by atoms with van der Waals surface area (Å²) in [4.78, 5) is 32.5. The zero-order valence-electron chi connectivity index (χ0n) is 16.4. The van der Waals surface area contributed by atoms with E-state index in [0.29, 0.717) is 30.2 Å². The minimum atomic E-state index is -0.405. The molecule has 1 aliphatic rings. The summed E-state index contributed by atoms with van der Waals surface area (Å²) in [5.41, 5.74) is 0.869. The maximum absolute atomic E-state index is 13.3. The minimum absolute atomic E-state index is 0.0426. The van der Waals surface area contributed by atoms with Crippen molar-refractivity contribution in [1.82, 2.24) is 24.6 Å². The van der Waals surface area contributed by atoms with Crippen LogP contribution >= 0.6 is 0 Å². The summed E-state index contributed by atoms with van der Waals surface area (Å²) in [5.74, 6) is 0.812. The van der Waals surface area contributed by atoms with Gasteiger partial charge in [-0.3, -0.25) is 19.3 Å². The van der Waals surface area contributed by atoms with E-state index in [1.807, 2.05) is 6.92 Å². The molecule has 1 amide bonds. The molecule has 3 heterocycles. The quantitative estimate of drug-likeness (QED) is 0.739. The number of pyridine rings is 1. The fourth-order valence-corrected chi connectivity index (χ4v) is 3.76. The standard InChI is InChI=1S/C21H22FN5O2/c1-13-9-11-27(17-7-5-16(22)6-8-17)21(29)18(13)20(28)26-10-3-4-15(12-26)19-23-14(2)24-25-19/h5-9,11,15H,3-4,10,12H2,1-2H3,(H,23,24,25). The molecular weight excluding hydrogens is 373 g/mol. The molecule has 1 aromatic carbocycles. The molecule has 4 rings (SSSR count). The van der Waals surface area contributed by atoms with E-state index in [2.05, 4.69) is 15.2 Å². The van der Waals surface area contributed by atoms with Crippen molar-refractivity contribution in [1.29, 1.82) is 0 Å². The first kappa shape index (κ1) is 19.0. The molecule has 0 spiro atoms. The molecule has 1 atom stereocenters. The predicted octanol–water partition coefficient (Wildman–Crippen LogP) is 2.73. The van der Waals surface area contributed by atoms with Crippen LogP contribution in [0.3, 0.4) is 0 Å². The van der Waals surface area contributed by atoms with E-state index < -0.39 is 5.56 Å². The highest BCUT2D eigenvalue weighted by atomic mass is 19.1. The van der Waals surface area contributed by atoms with Gasteiger partial charge in [-0.05, 0) is 62.6 Å². The smallest absolute Gasteiger partial charge is 0.268 e. The molecule has 2 aromatic heterocycles. The number of benzene rings is 1. The highest BCUT2D eigenvalue weighted by Crippen LogP contribution is 2.25. The van der Waals surface area contributed by atoms with Gasteiger partial charge in [0, 0.05) is 30.9 Å². The molecule has 1 aliphatic heterocycles. The summed E-state index contributed by atoms with van der Waals surface area (Å²) in [5, 5.41) is 7.08. The number of H-pyrrole nitrogens is 1. The average Bonchev–Trinajstić information content (AvgIpc) is 3.15. The van der Waals surface area contributed by atoms with Gasteiger partial charge in [-0.25, -0.2) is 9.37 Å². The molecule has 0 radical (unpaired) electrons. The fraction of sp³-hybridized carbons (Fsp3) is 0.333. The van der Waals surface area contributed by atoms with Gasteiger partial charge in [0.1, 0.15) is 17.2 Å². The number of aryl methyl sites for hydroxylation is 2. The SMILES string of the molecule is Cc1nc(C2CCCN(C(=O)c3c(C)ccn(-c4ccc(F)cc4)c3=O)C2)n[nH]1. The third kappa shape index (κ3) is 3.70. The van der Waals surface area contributed by atoms with Gasteiger partial charge in [0.15, 0.2) is 5.82 Å². The van der Waals surface area contributed by atoms with Gasteiger partial charge in [0.05, 0.1) is 0 Å². The Bertz CT molecular complexity index is 1100. The van der Waals surface area contributed by atoms with Gasteiger partial charge < -0.3 is 4.90 Å². The normalized spacial score (nSPS) is 16.8. The molecule has 1 saturated heterocycles. The Balaban J connectivity index is 1.65. The topological polar surface area (TPSA) is 83.9 Å². The van der Waals surface area contributed by atoms with Gasteiger partial charge in [0.25, 0.3) is 11.5 Å². The number of nitrogens with zero attached hydrogens (tertiary/aromatic N) is 4. The maximum atomic E-state index is 13.3. The van der Waals surface area contributed by atoms with E-state index in [9.17, 15) is 14.0 Å². The number of hydrogen-bond donors (Lipinski definition) is 1. The summed E-state index contributed by atoms with van der Waals surface area (Å²) in [6.45, 7) is 4.65. The van der Waals surface area contributed by atoms with Crippen LogP contribution < -0.4 is 5.56 Å². The van der Waals surface area contributed by atoms with Crippen LogP contribution in [0.4, 0.5) is 4.39 Å². The van der Waals surface area contributed by atoms with Crippen LogP contribution in [0.1, 0.15) is 46.3 Å². The van der Waals surface area contributed by atoms with E-state index in [0.717, 1.165) is 18.7 Å². The van der Waals surface area contributed by atoms with Crippen LogP contribution in [0.15, 0.2) is 41.3 Å². The Hall–Kier alpha value is -3.29. The fourth-order valence-electron chi connectivity index (χ4n) is 3.76. The van der Waals surface area contributed by atoms with E-state index in [1.165, 1.54) is 28.8 Å². The van der Waals surface area contributed by atoms with Crippen LogP contribution in [0.25, 0.3) is 5.69 Å². The molecule has 150 valence electrons. The maximum Gasteiger partial charge on any atom is 0.268 e. The van der Waals surface area contributed by atoms with E-state index >= 15 is 0 Å². The van der Waals surface area contributed by atoms with Crippen molar-refractivity contribution in [2.75, 3.05) is 13.1 Å². The lowest BCUT2D eigenvalue weighted by atomic mass is 9.96. The first-order valence-corrected chi connectivity index (χ1v) is 9.60. The van der Waals surface area contributed by atoms with Crippen molar-refractivity contribution in [2.24, 2.45) is 0 Å². The third-order valence-corrected chi connectivity index (χ3v) is 5.31. The number of carbonyl (C=O) groups excluding carboxylic acids is 1. The predicted molar refractivity (Wildman–Crippen MR) is 106 cm³/mol. The molecule has 7 nitrogen and oxygen atoms in total. The number of carbonyl (C=O) groups is 1. The Kier molecular flexibility index (Phi) is 5.00. The number of hydrogen-bond acceptors (Lipinski definition) is 4. The number of piperidine rings is 1. The molecule has 29 heavy (non-hydrogen) atoms. The summed E-state index contributed by atoms with van der Waals surface area (Å²) >= 11 is 0. The Morgan fingerprint density at radius 2 is 1.97 bits per heavy atom. The van der Waals surface area contributed by atoms with Crippen molar-refractivity contribution >= 4 is 5.91 Å². The zero-order valence-corrected chi connectivity index (χ0v) is 16.4. The van der Waals surface area contributed by atoms with Crippen LogP contribution in [0.5, 0.6) is 0 Å². The molecule has 1 N–H and O–H groups in total. The zero-order chi connectivity index (χ0) is 20.5. The monoisotopic (exact) mass is 395 g/mol. The first-order chi connectivity index (χ1) is 13.9. The van der Waals surface area contributed by atoms with Crippen LogP contribution in [0, 0.1) is 19.7 Å². The highest BCUT2D eigenvalue weighted by Gasteiger charge is 2.30. The lowest BCUT2D eigenvalue weighted by Gasteiger charge is -2.31. The molecule has 0 saturated carbocycles. The van der Waals surface area contributed by atoms with Crippen molar-refractivity contribution in [2.45, 2.75) is 32.6 Å². The summed E-state index contributed by atoms with van der Waals surface area (Å²) in [6, 6.07) is 7.35. The number of aromatic nitrogens is 4. The first-order valence-electron chi connectivity index (χ1n) is 9.60. The van der Waals surface area contributed by atoms with Gasteiger partial charge >= 0.3 is 0 Å². The van der Waals surface area contributed by atoms with Crippen molar-refractivity contribution in [3.63, 3.8) is 0 Å². The van der Waals surface area contributed by atoms with Crippen LogP contribution in [-0.4, -0.2) is 43.6 Å². The molecular formula is C21H22FN5O2. The molecule has 0 aliphatic carbocycles. The molecule has 1 unspecified atom stereocenters. The van der Waals surface area contributed by atoms with Crippen molar-refractivity contribution in [3.05, 3.63) is 75.5 Å².